The summed E-state index contributed by atoms with van der Waals surface area (Å²) in [7, 11) is -3.75. The summed E-state index contributed by atoms with van der Waals surface area (Å²) >= 11 is 0. The normalized spacial score (nSPS) is 19.1. The van der Waals surface area contributed by atoms with E-state index in [0.29, 0.717) is 76.5 Å². The van der Waals surface area contributed by atoms with Crippen molar-refractivity contribution in [2.24, 2.45) is 11.8 Å². The Kier molecular flexibility index (Phi) is 9.63. The smallest absolute Gasteiger partial charge is 0.340 e. The number of amides is 2. The molecule has 3 aliphatic heterocycles. The number of ether oxygens (including phenoxy) is 2. The average Bonchev–Trinajstić information content (AvgIpc) is 3.32. The topological polar surface area (TPSA) is 159 Å². The molecule has 0 atom stereocenters. The van der Waals surface area contributed by atoms with Gasteiger partial charge in [-0.25, -0.2) is 18.2 Å². The Hall–Kier alpha value is -3.24. The maximum atomic E-state index is 12.9. The van der Waals surface area contributed by atoms with Crippen molar-refractivity contribution in [1.29, 1.82) is 5.26 Å². The van der Waals surface area contributed by atoms with E-state index in [0.717, 1.165) is 6.42 Å². The van der Waals surface area contributed by atoms with Gasteiger partial charge in [-0.15, -0.1) is 0 Å². The van der Waals surface area contributed by atoms with E-state index in [4.69, 9.17) is 9.47 Å². The van der Waals surface area contributed by atoms with Gasteiger partial charge in [-0.3, -0.25) is 14.3 Å². The van der Waals surface area contributed by atoms with Gasteiger partial charge in [0.15, 0.2) is 0 Å². The number of esters is 1. The molecule has 0 radical (unpaired) electrons. The Morgan fingerprint density at radius 2 is 1.90 bits per heavy atom. The van der Waals surface area contributed by atoms with E-state index >= 15 is 0 Å². The summed E-state index contributed by atoms with van der Waals surface area (Å²) in [6.07, 6.45) is 2.87. The number of nitrogens with zero attached hydrogens (tertiary/aromatic N) is 4. The summed E-state index contributed by atoms with van der Waals surface area (Å²) in [6, 6.07) is 3.58. The van der Waals surface area contributed by atoms with Crippen LogP contribution in [0.25, 0.3) is 0 Å². The highest BCUT2D eigenvalue weighted by Gasteiger charge is 2.32. The SMILES string of the molecule is CC(C)OC(=O)c1cc(C#N)c(N2CCC(C(=O)NS(=O)(=O)CC3CCOCC3)CC2)nc1CN1CCCC1=O. The van der Waals surface area contributed by atoms with Crippen molar-refractivity contribution in [2.45, 2.75) is 65.0 Å². The van der Waals surface area contributed by atoms with Gasteiger partial charge in [0.25, 0.3) is 0 Å². The fourth-order valence-electron chi connectivity index (χ4n) is 5.35. The maximum absolute atomic E-state index is 12.9. The largest absolute Gasteiger partial charge is 0.459 e. The zero-order valence-corrected chi connectivity index (χ0v) is 23.9. The van der Waals surface area contributed by atoms with Gasteiger partial charge >= 0.3 is 5.97 Å². The van der Waals surface area contributed by atoms with Crippen molar-refractivity contribution in [3.8, 4) is 6.07 Å². The second kappa shape index (κ2) is 13.0. The summed E-state index contributed by atoms with van der Waals surface area (Å²) in [4.78, 5) is 46.2. The molecule has 3 fully saturated rings. The molecule has 3 saturated heterocycles. The Morgan fingerprint density at radius 3 is 2.50 bits per heavy atom. The van der Waals surface area contributed by atoms with Gasteiger partial charge in [0, 0.05) is 45.2 Å². The van der Waals surface area contributed by atoms with Crippen molar-refractivity contribution in [3.05, 3.63) is 22.9 Å². The molecule has 40 heavy (non-hydrogen) atoms. The third kappa shape index (κ3) is 7.48. The molecule has 0 bridgehead atoms. The molecule has 0 aromatic carbocycles. The number of likely N-dealkylation sites (tertiary alicyclic amines) is 1. The summed E-state index contributed by atoms with van der Waals surface area (Å²) < 4.78 is 38.1. The predicted molar refractivity (Wildman–Crippen MR) is 145 cm³/mol. The number of piperidine rings is 1. The molecule has 0 spiro atoms. The summed E-state index contributed by atoms with van der Waals surface area (Å²) in [6.45, 7) is 5.95. The first-order valence-corrected chi connectivity index (χ1v) is 15.5. The molecular formula is C27H37N5O7S. The zero-order valence-electron chi connectivity index (χ0n) is 23.1. The van der Waals surface area contributed by atoms with E-state index in [-0.39, 0.29) is 41.4 Å². The third-order valence-corrected chi connectivity index (χ3v) is 8.92. The Bertz CT molecular complexity index is 1260. The minimum atomic E-state index is -3.75. The number of hydrogen-bond acceptors (Lipinski definition) is 10. The first-order chi connectivity index (χ1) is 19.1. The van der Waals surface area contributed by atoms with E-state index in [9.17, 15) is 28.1 Å². The van der Waals surface area contributed by atoms with Crippen LogP contribution in [0.5, 0.6) is 0 Å². The maximum Gasteiger partial charge on any atom is 0.340 e. The Labute approximate surface area is 235 Å². The third-order valence-electron chi connectivity index (χ3n) is 7.49. The summed E-state index contributed by atoms with van der Waals surface area (Å²) in [5.74, 6) is -1.38. The summed E-state index contributed by atoms with van der Waals surface area (Å²) in [5.41, 5.74) is 0.695. The van der Waals surface area contributed by atoms with Gasteiger partial charge in [0.1, 0.15) is 11.9 Å². The lowest BCUT2D eigenvalue weighted by molar-refractivity contribution is -0.128. The van der Waals surface area contributed by atoms with E-state index in [1.807, 2.05) is 4.90 Å². The van der Waals surface area contributed by atoms with E-state index < -0.39 is 27.8 Å². The first-order valence-electron chi connectivity index (χ1n) is 13.9. The van der Waals surface area contributed by atoms with Crippen LogP contribution in [0, 0.1) is 23.2 Å². The van der Waals surface area contributed by atoms with Gasteiger partial charge in [0.05, 0.1) is 35.2 Å². The minimum Gasteiger partial charge on any atom is -0.459 e. The van der Waals surface area contributed by atoms with E-state index in [1.165, 1.54) is 6.07 Å². The van der Waals surface area contributed by atoms with Crippen LogP contribution in [0.3, 0.4) is 0 Å². The molecular weight excluding hydrogens is 538 g/mol. The van der Waals surface area contributed by atoms with Crippen LogP contribution in [-0.2, 0) is 35.6 Å². The molecule has 218 valence electrons. The van der Waals surface area contributed by atoms with Gasteiger partial charge in [0.2, 0.25) is 21.8 Å². The number of hydrogen-bond donors (Lipinski definition) is 1. The standard InChI is InChI=1S/C27H37N5O7S/c1-18(2)39-27(35)22-14-21(15-28)25(29-23(22)16-32-9-3-4-24(32)33)31-10-5-20(6-11-31)26(34)30-40(36,37)17-19-7-12-38-13-8-19/h14,18-20H,3-13,16-17H2,1-2H3,(H,30,34). The van der Waals surface area contributed by atoms with Crippen LogP contribution in [0.1, 0.15) is 74.0 Å². The monoisotopic (exact) mass is 575 g/mol. The molecule has 1 aromatic rings. The Morgan fingerprint density at radius 1 is 1.20 bits per heavy atom. The zero-order chi connectivity index (χ0) is 28.9. The first kappa shape index (κ1) is 29.7. The molecule has 2 amide bonds. The van der Waals surface area contributed by atoms with Gasteiger partial charge in [-0.1, -0.05) is 0 Å². The summed E-state index contributed by atoms with van der Waals surface area (Å²) in [5, 5.41) is 9.88. The number of carbonyl (C=O) groups is 3. The molecule has 3 aliphatic rings. The lowest BCUT2D eigenvalue weighted by Gasteiger charge is -2.33. The number of anilines is 1. The highest BCUT2D eigenvalue weighted by Crippen LogP contribution is 2.29. The minimum absolute atomic E-state index is 0.0190. The lowest BCUT2D eigenvalue weighted by atomic mass is 9.96. The number of nitriles is 1. The molecule has 4 rings (SSSR count). The van der Waals surface area contributed by atoms with Crippen molar-refractivity contribution < 1.29 is 32.3 Å². The molecule has 1 aromatic heterocycles. The predicted octanol–water partition coefficient (Wildman–Crippen LogP) is 1.73. The van der Waals surface area contributed by atoms with Crippen molar-refractivity contribution in [2.75, 3.05) is 43.5 Å². The number of nitrogens with one attached hydrogen (secondary N) is 1. The van der Waals surface area contributed by atoms with Crippen LogP contribution >= 0.6 is 0 Å². The second-order valence-corrected chi connectivity index (χ2v) is 12.7. The highest BCUT2D eigenvalue weighted by molar-refractivity contribution is 7.90. The van der Waals surface area contributed by atoms with Crippen LogP contribution in [0.2, 0.25) is 0 Å². The van der Waals surface area contributed by atoms with Crippen molar-refractivity contribution in [1.82, 2.24) is 14.6 Å². The quantitative estimate of drug-likeness (QED) is 0.430. The van der Waals surface area contributed by atoms with Gasteiger partial charge in [-0.05, 0) is 57.9 Å². The van der Waals surface area contributed by atoms with Crippen LogP contribution in [0.15, 0.2) is 6.07 Å². The fourth-order valence-corrected chi connectivity index (χ4v) is 6.86. The molecule has 13 heteroatoms. The number of sulfonamides is 1. The molecule has 4 heterocycles. The van der Waals surface area contributed by atoms with Crippen molar-refractivity contribution >= 4 is 33.6 Å². The fraction of sp³-hybridized carbons (Fsp3) is 0.667. The number of carbonyl (C=O) groups excluding carboxylic acids is 3. The van der Waals surface area contributed by atoms with Gasteiger partial charge < -0.3 is 19.3 Å². The van der Waals surface area contributed by atoms with Crippen LogP contribution < -0.4 is 9.62 Å². The number of aromatic nitrogens is 1. The van der Waals surface area contributed by atoms with Crippen LogP contribution in [0.4, 0.5) is 5.82 Å². The van der Waals surface area contributed by atoms with Crippen LogP contribution in [-0.4, -0.2) is 80.8 Å². The highest BCUT2D eigenvalue weighted by atomic mass is 32.2. The molecule has 1 N–H and O–H groups in total. The molecule has 12 nitrogen and oxygen atoms in total. The van der Waals surface area contributed by atoms with E-state index in [1.54, 1.807) is 18.7 Å². The second-order valence-electron chi connectivity index (χ2n) is 10.9. The molecule has 0 saturated carbocycles. The Balaban J connectivity index is 1.46. The number of rotatable bonds is 9. The molecule has 0 aliphatic carbocycles. The average molecular weight is 576 g/mol. The lowest BCUT2D eigenvalue weighted by Crippen LogP contribution is -2.44. The van der Waals surface area contributed by atoms with Gasteiger partial charge in [-0.2, -0.15) is 5.26 Å². The number of pyridine rings is 1. The van der Waals surface area contributed by atoms with E-state index in [2.05, 4.69) is 15.8 Å². The molecule has 0 unspecified atom stereocenters. The van der Waals surface area contributed by atoms with Crippen molar-refractivity contribution in [3.63, 3.8) is 0 Å².